The number of aromatic nitrogens is 2. The van der Waals surface area contributed by atoms with E-state index in [1.807, 2.05) is 55.7 Å². The van der Waals surface area contributed by atoms with E-state index in [4.69, 9.17) is 11.6 Å². The van der Waals surface area contributed by atoms with Crippen molar-refractivity contribution in [2.45, 2.75) is 0 Å². The van der Waals surface area contributed by atoms with E-state index in [-0.39, 0.29) is 0 Å². The number of nitroso groups, excluding NO2 is 1. The van der Waals surface area contributed by atoms with Crippen molar-refractivity contribution in [3.8, 4) is 22.4 Å². The highest BCUT2D eigenvalue weighted by atomic mass is 35.5. The number of fused-ring (bicyclic) bond motifs is 1. The zero-order valence-corrected chi connectivity index (χ0v) is 12.9. The molecule has 6 nitrogen and oxygen atoms in total. The third-order valence-electron chi connectivity index (χ3n) is 3.85. The molecule has 1 aromatic heterocycles. The Balaban J connectivity index is 1.75. The van der Waals surface area contributed by atoms with Crippen molar-refractivity contribution in [3.05, 3.63) is 58.6 Å². The molecule has 23 heavy (non-hydrogen) atoms. The lowest BCUT2D eigenvalue weighted by Gasteiger charge is -2.07. The Morgan fingerprint density at radius 3 is 2.70 bits per heavy atom. The second-order valence-electron chi connectivity index (χ2n) is 5.27. The van der Waals surface area contributed by atoms with Crippen LogP contribution in [0.5, 0.6) is 0 Å². The molecule has 7 heteroatoms. The fourth-order valence-electron chi connectivity index (χ4n) is 2.68. The molecule has 1 aliphatic heterocycles. The summed E-state index contributed by atoms with van der Waals surface area (Å²) in [7, 11) is 1.87. The number of hydrogen-bond donors (Lipinski definition) is 1. The fraction of sp³-hybridized carbons (Fsp3) is 0.0625. The van der Waals surface area contributed by atoms with Crippen LogP contribution in [0, 0.1) is 4.91 Å². The Hall–Kier alpha value is -2.86. The lowest BCUT2D eigenvalue weighted by atomic mass is 10.0. The summed E-state index contributed by atoms with van der Waals surface area (Å²) in [6.45, 7) is 0. The van der Waals surface area contributed by atoms with Crippen molar-refractivity contribution in [2.75, 3.05) is 5.01 Å². The summed E-state index contributed by atoms with van der Waals surface area (Å²) in [5.41, 5.74) is 7.84. The Morgan fingerprint density at radius 2 is 1.96 bits per heavy atom. The van der Waals surface area contributed by atoms with Crippen LogP contribution in [-0.4, -0.2) is 9.78 Å². The van der Waals surface area contributed by atoms with Crippen LogP contribution < -0.4 is 10.5 Å². The van der Waals surface area contributed by atoms with Crippen LogP contribution in [0.2, 0.25) is 5.02 Å². The minimum Gasteiger partial charge on any atom is -0.275 e. The van der Waals surface area contributed by atoms with Crippen LogP contribution in [0.25, 0.3) is 22.4 Å². The summed E-state index contributed by atoms with van der Waals surface area (Å²) in [6, 6.07) is 13.7. The molecule has 2 heterocycles. The first-order valence-electron chi connectivity index (χ1n) is 7.00. The first-order chi connectivity index (χ1) is 11.2. The second-order valence-corrected chi connectivity index (χ2v) is 5.65. The maximum absolute atomic E-state index is 10.3. The average molecular weight is 326 g/mol. The Bertz CT molecular complexity index is 921. The molecule has 0 radical (unpaired) electrons. The summed E-state index contributed by atoms with van der Waals surface area (Å²) >= 11 is 6.61. The van der Waals surface area contributed by atoms with E-state index in [1.165, 1.54) is 0 Å². The molecule has 0 bridgehead atoms. The van der Waals surface area contributed by atoms with E-state index in [9.17, 15) is 4.91 Å². The van der Waals surface area contributed by atoms with Crippen LogP contribution in [-0.2, 0) is 7.05 Å². The summed E-state index contributed by atoms with van der Waals surface area (Å²) in [4.78, 5) is 10.3. The first-order valence-corrected chi connectivity index (χ1v) is 7.38. The van der Waals surface area contributed by atoms with Crippen LogP contribution >= 0.6 is 11.6 Å². The maximum atomic E-state index is 10.3. The van der Waals surface area contributed by atoms with Crippen molar-refractivity contribution in [1.29, 1.82) is 0 Å². The van der Waals surface area contributed by atoms with Crippen molar-refractivity contribution < 1.29 is 0 Å². The quantitative estimate of drug-likeness (QED) is 0.446. The summed E-state index contributed by atoms with van der Waals surface area (Å²) in [6.07, 6.45) is 1.88. The number of nitrogens with zero attached hydrogens (tertiary/aromatic N) is 4. The third-order valence-corrected chi connectivity index (χ3v) is 4.25. The average Bonchev–Trinajstić information content (AvgIpc) is 3.05. The molecule has 0 fully saturated rings. The number of nitrogens with one attached hydrogen (secondary N) is 1. The highest BCUT2D eigenvalue weighted by molar-refractivity contribution is 6.36. The molecule has 0 unspecified atom stereocenters. The predicted octanol–water partition coefficient (Wildman–Crippen LogP) is 4.05. The number of aryl methyl sites for hydroxylation is 1. The molecule has 114 valence electrons. The van der Waals surface area contributed by atoms with Gasteiger partial charge in [0.15, 0.2) is 0 Å². The van der Waals surface area contributed by atoms with Gasteiger partial charge >= 0.3 is 0 Å². The SMILES string of the molecule is Cn1ccc(-c2cccc(-c3ccc4c(c3)N4NN=O)c2Cl)n1. The summed E-state index contributed by atoms with van der Waals surface area (Å²) < 4.78 is 1.75. The smallest absolute Gasteiger partial charge is 0.0938 e. The molecular formula is C16H12ClN5O. The van der Waals surface area contributed by atoms with Gasteiger partial charge in [0.2, 0.25) is 0 Å². The van der Waals surface area contributed by atoms with Gasteiger partial charge in [0, 0.05) is 24.4 Å². The Kier molecular flexibility index (Phi) is 3.06. The number of halogens is 1. The second kappa shape index (κ2) is 5.10. The predicted molar refractivity (Wildman–Crippen MR) is 90.2 cm³/mol. The van der Waals surface area contributed by atoms with Gasteiger partial charge < -0.3 is 0 Å². The lowest BCUT2D eigenvalue weighted by Crippen LogP contribution is -2.14. The molecule has 2 aromatic carbocycles. The van der Waals surface area contributed by atoms with E-state index in [2.05, 4.69) is 15.9 Å². The van der Waals surface area contributed by atoms with Crippen molar-refractivity contribution in [3.63, 3.8) is 0 Å². The van der Waals surface area contributed by atoms with Gasteiger partial charge in [-0.3, -0.25) is 4.68 Å². The summed E-state index contributed by atoms with van der Waals surface area (Å²) in [5, 5.41) is 9.36. The van der Waals surface area contributed by atoms with E-state index in [1.54, 1.807) is 9.69 Å². The molecule has 3 aromatic rings. The van der Waals surface area contributed by atoms with Gasteiger partial charge in [-0.25, -0.2) is 5.01 Å². The number of rotatable bonds is 4. The van der Waals surface area contributed by atoms with Crippen LogP contribution in [0.3, 0.4) is 0 Å². The van der Waals surface area contributed by atoms with Crippen LogP contribution in [0.1, 0.15) is 0 Å². The standard InChI is InChI=1S/C16H12ClN5O/c1-21-8-7-13(18-21)12-4-2-3-11(16(12)17)10-5-6-14-15(9-10)22(14)19-20-23/h2-9H,1H3,(H,19,23). The molecular weight excluding hydrogens is 314 g/mol. The molecule has 0 atom stereocenters. The van der Waals surface area contributed by atoms with Gasteiger partial charge in [0.25, 0.3) is 0 Å². The number of hydrazine groups is 1. The molecule has 4 rings (SSSR count). The van der Waals surface area contributed by atoms with E-state index >= 15 is 0 Å². The Labute approximate surface area is 137 Å². The molecule has 1 N–H and O–H groups in total. The van der Waals surface area contributed by atoms with Crippen molar-refractivity contribution in [2.24, 2.45) is 12.3 Å². The monoisotopic (exact) mass is 325 g/mol. The van der Waals surface area contributed by atoms with Gasteiger partial charge in [-0.05, 0) is 23.8 Å². The van der Waals surface area contributed by atoms with E-state index < -0.39 is 0 Å². The van der Waals surface area contributed by atoms with Gasteiger partial charge in [0.05, 0.1) is 27.4 Å². The van der Waals surface area contributed by atoms with Gasteiger partial charge in [0.1, 0.15) is 0 Å². The molecule has 0 saturated heterocycles. The highest BCUT2D eigenvalue weighted by Crippen LogP contribution is 2.48. The molecule has 0 spiro atoms. The topological polar surface area (TPSA) is 62.3 Å². The van der Waals surface area contributed by atoms with Crippen molar-refractivity contribution in [1.82, 2.24) is 15.3 Å². The lowest BCUT2D eigenvalue weighted by molar-refractivity contribution is 0.771. The fourth-order valence-corrected chi connectivity index (χ4v) is 3.01. The van der Waals surface area contributed by atoms with Gasteiger partial charge in [-0.2, -0.15) is 10.6 Å². The molecule has 0 aliphatic carbocycles. The summed E-state index contributed by atoms with van der Waals surface area (Å²) in [5.74, 6) is 0. The Morgan fingerprint density at radius 1 is 1.13 bits per heavy atom. The van der Waals surface area contributed by atoms with Crippen LogP contribution in [0.15, 0.2) is 53.9 Å². The minimum absolute atomic E-state index is 0.653. The van der Waals surface area contributed by atoms with Crippen molar-refractivity contribution >= 4 is 23.0 Å². The number of hydrogen-bond acceptors (Lipinski definition) is 4. The van der Waals surface area contributed by atoms with E-state index in [0.29, 0.717) is 5.02 Å². The van der Waals surface area contributed by atoms with Gasteiger partial charge in [-0.1, -0.05) is 35.9 Å². The zero-order valence-electron chi connectivity index (χ0n) is 12.2. The zero-order chi connectivity index (χ0) is 16.0. The molecule has 0 amide bonds. The molecule has 1 aliphatic rings. The van der Waals surface area contributed by atoms with Crippen LogP contribution in [0.4, 0.5) is 11.4 Å². The van der Waals surface area contributed by atoms with Gasteiger partial charge in [-0.15, -0.1) is 4.91 Å². The maximum Gasteiger partial charge on any atom is 0.0938 e. The minimum atomic E-state index is 0.653. The number of anilines is 2. The largest absolute Gasteiger partial charge is 0.275 e. The first kappa shape index (κ1) is 13.8. The molecule has 0 saturated carbocycles. The number of benzene rings is 2. The highest BCUT2D eigenvalue weighted by Gasteiger charge is 2.30. The van der Waals surface area contributed by atoms with E-state index in [0.717, 1.165) is 33.8 Å². The third kappa shape index (κ3) is 2.24. The normalized spacial score (nSPS) is 12.0.